The van der Waals surface area contributed by atoms with Crippen LogP contribution in [0.25, 0.3) is 0 Å². The number of ether oxygens (including phenoxy) is 2. The van der Waals surface area contributed by atoms with Crippen molar-refractivity contribution in [2.24, 2.45) is 11.8 Å². The molecular formula is C23H34N2O4. The summed E-state index contributed by atoms with van der Waals surface area (Å²) in [5.74, 6) is 2.09. The van der Waals surface area contributed by atoms with Crippen LogP contribution in [-0.2, 0) is 4.79 Å². The fourth-order valence-corrected chi connectivity index (χ4v) is 4.48. The average molecular weight is 403 g/mol. The normalized spacial score (nSPS) is 18.3. The van der Waals surface area contributed by atoms with E-state index in [0.29, 0.717) is 43.0 Å². The van der Waals surface area contributed by atoms with Crippen molar-refractivity contribution in [3.05, 3.63) is 23.8 Å². The summed E-state index contributed by atoms with van der Waals surface area (Å²) in [6.45, 7) is 1.98. The van der Waals surface area contributed by atoms with Crippen molar-refractivity contribution in [2.45, 2.75) is 51.4 Å². The van der Waals surface area contributed by atoms with Crippen molar-refractivity contribution in [1.82, 2.24) is 10.2 Å². The maximum Gasteiger partial charge on any atom is 0.254 e. The van der Waals surface area contributed by atoms with E-state index in [1.807, 2.05) is 4.90 Å². The van der Waals surface area contributed by atoms with Gasteiger partial charge in [0, 0.05) is 37.2 Å². The van der Waals surface area contributed by atoms with E-state index in [2.05, 4.69) is 5.32 Å². The van der Waals surface area contributed by atoms with Crippen LogP contribution in [0.15, 0.2) is 18.2 Å². The van der Waals surface area contributed by atoms with E-state index < -0.39 is 0 Å². The van der Waals surface area contributed by atoms with Crippen molar-refractivity contribution in [2.75, 3.05) is 33.9 Å². The standard InChI is InChI=1S/C23H34N2O4/c1-28-20-14-19(15-21(16-20)29-2)23(27)25-12-9-18(10-13-25)22(26)24-11-8-17-6-4-3-5-7-17/h14-18H,3-13H2,1-2H3,(H,24,26). The third-order valence-corrected chi connectivity index (χ3v) is 6.33. The zero-order chi connectivity index (χ0) is 20.6. The lowest BCUT2D eigenvalue weighted by molar-refractivity contribution is -0.126. The number of hydrogen-bond donors (Lipinski definition) is 1. The Morgan fingerprint density at radius 1 is 0.966 bits per heavy atom. The number of likely N-dealkylation sites (tertiary alicyclic amines) is 1. The van der Waals surface area contributed by atoms with Crippen LogP contribution in [0.4, 0.5) is 0 Å². The Hall–Kier alpha value is -2.24. The number of nitrogens with one attached hydrogen (secondary N) is 1. The SMILES string of the molecule is COc1cc(OC)cc(C(=O)N2CCC(C(=O)NCCC3CCCCC3)CC2)c1. The summed E-state index contributed by atoms with van der Waals surface area (Å²) in [5, 5.41) is 3.13. The molecule has 2 fully saturated rings. The molecule has 0 atom stereocenters. The van der Waals surface area contributed by atoms with E-state index in [1.165, 1.54) is 32.1 Å². The zero-order valence-corrected chi connectivity index (χ0v) is 17.7. The molecule has 1 aromatic rings. The van der Waals surface area contributed by atoms with Crippen LogP contribution >= 0.6 is 0 Å². The van der Waals surface area contributed by atoms with Gasteiger partial charge in [0.2, 0.25) is 5.91 Å². The van der Waals surface area contributed by atoms with Crippen LogP contribution in [0.5, 0.6) is 11.5 Å². The molecule has 0 bridgehead atoms. The second-order valence-corrected chi connectivity index (χ2v) is 8.25. The van der Waals surface area contributed by atoms with Gasteiger partial charge in [-0.15, -0.1) is 0 Å². The Kier molecular flexibility index (Phi) is 7.78. The summed E-state index contributed by atoms with van der Waals surface area (Å²) < 4.78 is 10.5. The molecule has 1 aromatic carbocycles. The first-order valence-corrected chi connectivity index (χ1v) is 10.9. The largest absolute Gasteiger partial charge is 0.497 e. The minimum absolute atomic E-state index is 0.00486. The summed E-state index contributed by atoms with van der Waals surface area (Å²) in [5.41, 5.74) is 0.552. The van der Waals surface area contributed by atoms with Gasteiger partial charge in [0.05, 0.1) is 14.2 Å². The van der Waals surface area contributed by atoms with Crippen LogP contribution in [0, 0.1) is 11.8 Å². The summed E-state index contributed by atoms with van der Waals surface area (Å²) in [6.07, 6.45) is 9.18. The highest BCUT2D eigenvalue weighted by atomic mass is 16.5. The van der Waals surface area contributed by atoms with E-state index in [9.17, 15) is 9.59 Å². The van der Waals surface area contributed by atoms with Crippen LogP contribution in [0.1, 0.15) is 61.7 Å². The molecule has 1 saturated heterocycles. The lowest BCUT2D eigenvalue weighted by Crippen LogP contribution is -2.43. The number of nitrogens with zero attached hydrogens (tertiary/aromatic N) is 1. The fourth-order valence-electron chi connectivity index (χ4n) is 4.48. The molecule has 0 radical (unpaired) electrons. The highest BCUT2D eigenvalue weighted by Crippen LogP contribution is 2.27. The minimum Gasteiger partial charge on any atom is -0.497 e. The molecular weight excluding hydrogens is 368 g/mol. The van der Waals surface area contributed by atoms with E-state index in [1.54, 1.807) is 32.4 Å². The highest BCUT2D eigenvalue weighted by Gasteiger charge is 2.28. The quantitative estimate of drug-likeness (QED) is 0.756. The first-order chi connectivity index (χ1) is 14.1. The van der Waals surface area contributed by atoms with Gasteiger partial charge in [0.25, 0.3) is 5.91 Å². The van der Waals surface area contributed by atoms with Gasteiger partial charge >= 0.3 is 0 Å². The predicted octanol–water partition coefficient (Wildman–Crippen LogP) is 3.64. The Morgan fingerprint density at radius 2 is 1.59 bits per heavy atom. The molecule has 6 heteroatoms. The molecule has 0 aromatic heterocycles. The van der Waals surface area contributed by atoms with Gasteiger partial charge in [-0.1, -0.05) is 32.1 Å². The van der Waals surface area contributed by atoms with Gasteiger partial charge in [-0.05, 0) is 37.3 Å². The van der Waals surface area contributed by atoms with Gasteiger partial charge in [-0.3, -0.25) is 9.59 Å². The first kappa shape index (κ1) is 21.5. The molecule has 2 aliphatic rings. The second kappa shape index (κ2) is 10.5. The van der Waals surface area contributed by atoms with E-state index in [-0.39, 0.29) is 17.7 Å². The van der Waals surface area contributed by atoms with Gasteiger partial charge < -0.3 is 19.7 Å². The van der Waals surface area contributed by atoms with Crippen molar-refractivity contribution < 1.29 is 19.1 Å². The number of rotatable bonds is 7. The second-order valence-electron chi connectivity index (χ2n) is 8.25. The monoisotopic (exact) mass is 402 g/mol. The Bertz CT molecular complexity index is 670. The van der Waals surface area contributed by atoms with Gasteiger partial charge in [0.1, 0.15) is 11.5 Å². The number of amides is 2. The van der Waals surface area contributed by atoms with Crippen LogP contribution < -0.4 is 14.8 Å². The van der Waals surface area contributed by atoms with E-state index >= 15 is 0 Å². The number of methoxy groups -OCH3 is 2. The molecule has 1 heterocycles. The van der Waals surface area contributed by atoms with Gasteiger partial charge in [-0.2, -0.15) is 0 Å². The third kappa shape index (κ3) is 5.87. The van der Waals surface area contributed by atoms with Crippen molar-refractivity contribution in [3.63, 3.8) is 0 Å². The smallest absolute Gasteiger partial charge is 0.254 e. The van der Waals surface area contributed by atoms with Crippen LogP contribution in [-0.4, -0.2) is 50.6 Å². The molecule has 1 saturated carbocycles. The number of hydrogen-bond acceptors (Lipinski definition) is 4. The van der Waals surface area contributed by atoms with Gasteiger partial charge in [0.15, 0.2) is 0 Å². The molecule has 1 aliphatic carbocycles. The fraction of sp³-hybridized carbons (Fsp3) is 0.652. The maximum atomic E-state index is 12.9. The first-order valence-electron chi connectivity index (χ1n) is 10.9. The predicted molar refractivity (Wildman–Crippen MR) is 112 cm³/mol. The Morgan fingerprint density at radius 3 is 2.17 bits per heavy atom. The van der Waals surface area contributed by atoms with Crippen molar-refractivity contribution >= 4 is 11.8 Å². The Labute approximate surface area is 173 Å². The van der Waals surface area contributed by atoms with Crippen molar-refractivity contribution in [3.8, 4) is 11.5 Å². The molecule has 1 N–H and O–H groups in total. The lowest BCUT2D eigenvalue weighted by Gasteiger charge is -2.31. The van der Waals surface area contributed by atoms with Crippen molar-refractivity contribution in [1.29, 1.82) is 0 Å². The molecule has 29 heavy (non-hydrogen) atoms. The lowest BCUT2D eigenvalue weighted by atomic mass is 9.87. The maximum absolute atomic E-state index is 12.9. The molecule has 2 amide bonds. The number of carbonyl (C=O) groups excluding carboxylic acids is 2. The number of benzene rings is 1. The third-order valence-electron chi connectivity index (χ3n) is 6.33. The molecule has 6 nitrogen and oxygen atoms in total. The highest BCUT2D eigenvalue weighted by molar-refractivity contribution is 5.95. The van der Waals surface area contributed by atoms with Crippen LogP contribution in [0.2, 0.25) is 0 Å². The van der Waals surface area contributed by atoms with Gasteiger partial charge in [-0.25, -0.2) is 0 Å². The minimum atomic E-state index is -0.0432. The van der Waals surface area contributed by atoms with E-state index in [4.69, 9.17) is 9.47 Å². The summed E-state index contributed by atoms with van der Waals surface area (Å²) >= 11 is 0. The van der Waals surface area contributed by atoms with E-state index in [0.717, 1.165) is 18.9 Å². The molecule has 1 aliphatic heterocycles. The topological polar surface area (TPSA) is 67.9 Å². The molecule has 160 valence electrons. The molecule has 3 rings (SSSR count). The summed E-state index contributed by atoms with van der Waals surface area (Å²) in [4.78, 5) is 27.2. The average Bonchev–Trinajstić information content (AvgIpc) is 2.78. The summed E-state index contributed by atoms with van der Waals surface area (Å²) in [7, 11) is 3.14. The number of piperidine rings is 1. The Balaban J connectivity index is 1.45. The molecule has 0 spiro atoms. The number of carbonyl (C=O) groups is 2. The summed E-state index contributed by atoms with van der Waals surface area (Å²) in [6, 6.07) is 5.21. The molecule has 0 unspecified atom stereocenters. The zero-order valence-electron chi connectivity index (χ0n) is 17.7. The van der Waals surface area contributed by atoms with Crippen LogP contribution in [0.3, 0.4) is 0 Å².